The van der Waals surface area contributed by atoms with Crippen molar-refractivity contribution < 1.29 is 4.42 Å². The smallest absolute Gasteiger partial charge is 0.135 e. The van der Waals surface area contributed by atoms with Crippen molar-refractivity contribution in [3.8, 4) is 16.8 Å². The van der Waals surface area contributed by atoms with Crippen LogP contribution in [0.5, 0.6) is 0 Å². The van der Waals surface area contributed by atoms with Gasteiger partial charge in [0, 0.05) is 61.1 Å². The summed E-state index contributed by atoms with van der Waals surface area (Å²) >= 11 is 0. The first-order valence-electron chi connectivity index (χ1n) is 21.1. The highest BCUT2D eigenvalue weighted by Crippen LogP contribution is 2.45. The van der Waals surface area contributed by atoms with Crippen LogP contribution in [0.2, 0.25) is 0 Å². The molecule has 0 aliphatic rings. The molecular formula is C58H39N3O. The second kappa shape index (κ2) is 14.7. The van der Waals surface area contributed by atoms with Gasteiger partial charge in [-0.1, -0.05) is 140 Å². The summed E-state index contributed by atoms with van der Waals surface area (Å²) in [7, 11) is 0. The van der Waals surface area contributed by atoms with Gasteiger partial charge in [-0.05, 0) is 114 Å². The average molecular weight is 794 g/mol. The van der Waals surface area contributed by atoms with Gasteiger partial charge in [0.1, 0.15) is 11.2 Å². The van der Waals surface area contributed by atoms with E-state index < -0.39 is 0 Å². The molecule has 0 spiro atoms. The van der Waals surface area contributed by atoms with E-state index in [-0.39, 0.29) is 0 Å². The minimum Gasteiger partial charge on any atom is -0.456 e. The highest BCUT2D eigenvalue weighted by Gasteiger charge is 2.21. The van der Waals surface area contributed by atoms with E-state index in [1.54, 1.807) is 0 Å². The Morgan fingerprint density at radius 1 is 0.306 bits per heavy atom. The van der Waals surface area contributed by atoms with Gasteiger partial charge in [0.2, 0.25) is 0 Å². The van der Waals surface area contributed by atoms with Gasteiger partial charge < -0.3 is 18.8 Å². The maximum atomic E-state index is 6.20. The molecule has 62 heavy (non-hydrogen) atoms. The molecule has 0 amide bonds. The molecule has 0 aliphatic carbocycles. The van der Waals surface area contributed by atoms with Gasteiger partial charge in [-0.3, -0.25) is 0 Å². The van der Waals surface area contributed by atoms with Gasteiger partial charge in [-0.2, -0.15) is 0 Å². The number of para-hydroxylation sites is 5. The monoisotopic (exact) mass is 793 g/mol. The molecule has 4 heteroatoms. The lowest BCUT2D eigenvalue weighted by Gasteiger charge is -2.28. The first-order chi connectivity index (χ1) is 30.8. The Labute approximate surface area is 359 Å². The lowest BCUT2D eigenvalue weighted by atomic mass is 9.96. The summed E-state index contributed by atoms with van der Waals surface area (Å²) in [6.07, 6.45) is 0. The average Bonchev–Trinajstić information content (AvgIpc) is 3.88. The fourth-order valence-electron chi connectivity index (χ4n) is 9.35. The molecule has 10 aromatic carbocycles. The molecule has 12 rings (SSSR count). The Morgan fingerprint density at radius 2 is 0.839 bits per heavy atom. The molecular weight excluding hydrogens is 755 g/mol. The Balaban J connectivity index is 0.978. The van der Waals surface area contributed by atoms with Crippen molar-refractivity contribution in [1.29, 1.82) is 0 Å². The van der Waals surface area contributed by atoms with Crippen LogP contribution in [0.15, 0.2) is 241 Å². The summed E-state index contributed by atoms with van der Waals surface area (Å²) < 4.78 is 8.59. The van der Waals surface area contributed by atoms with Crippen molar-refractivity contribution in [2.24, 2.45) is 0 Å². The number of rotatable bonds is 8. The number of furan rings is 1. The van der Waals surface area contributed by atoms with E-state index in [0.29, 0.717) is 0 Å². The molecule has 2 aromatic heterocycles. The molecule has 0 saturated carbocycles. The third-order valence-electron chi connectivity index (χ3n) is 12.2. The molecule has 0 radical (unpaired) electrons. The summed E-state index contributed by atoms with van der Waals surface area (Å²) in [6, 6.07) is 84.7. The van der Waals surface area contributed by atoms with Gasteiger partial charge in [0.15, 0.2) is 0 Å². The number of benzene rings is 10. The molecule has 0 unspecified atom stereocenters. The zero-order valence-electron chi connectivity index (χ0n) is 33.8. The molecule has 0 fully saturated rings. The SMILES string of the molecule is c1ccc(N(c2ccc(-c3ccc(N(c4ccccc4)c4ccc5c6ccccc6n(-c6ccccc6)c5c4)c4ccccc34)cc2)c2ccc3oc4ccccc4c3c2)cc1. The van der Waals surface area contributed by atoms with Crippen molar-refractivity contribution in [2.75, 3.05) is 9.80 Å². The molecule has 0 N–H and O–H groups in total. The second-order valence-corrected chi connectivity index (χ2v) is 15.7. The third kappa shape index (κ3) is 5.92. The lowest BCUT2D eigenvalue weighted by Crippen LogP contribution is -2.11. The first kappa shape index (κ1) is 35.6. The lowest BCUT2D eigenvalue weighted by molar-refractivity contribution is 0.669. The molecule has 4 nitrogen and oxygen atoms in total. The van der Waals surface area contributed by atoms with E-state index in [2.05, 4.69) is 239 Å². The summed E-state index contributed by atoms with van der Waals surface area (Å²) in [5, 5.41) is 7.05. The maximum absolute atomic E-state index is 6.20. The molecule has 12 aromatic rings. The Kier molecular flexibility index (Phi) is 8.46. The van der Waals surface area contributed by atoms with Gasteiger partial charge in [0.25, 0.3) is 0 Å². The number of hydrogen-bond donors (Lipinski definition) is 0. The predicted molar refractivity (Wildman–Crippen MR) is 260 cm³/mol. The maximum Gasteiger partial charge on any atom is 0.135 e. The van der Waals surface area contributed by atoms with Crippen LogP contribution >= 0.6 is 0 Å². The molecule has 0 atom stereocenters. The minimum absolute atomic E-state index is 0.885. The highest BCUT2D eigenvalue weighted by atomic mass is 16.3. The van der Waals surface area contributed by atoms with Crippen LogP contribution < -0.4 is 9.80 Å². The normalized spacial score (nSPS) is 11.5. The number of nitrogens with zero attached hydrogens (tertiary/aromatic N) is 3. The topological polar surface area (TPSA) is 24.6 Å². The fraction of sp³-hybridized carbons (Fsp3) is 0. The molecule has 292 valence electrons. The minimum atomic E-state index is 0.885. The largest absolute Gasteiger partial charge is 0.456 e. The molecule has 0 aliphatic heterocycles. The van der Waals surface area contributed by atoms with Gasteiger partial charge >= 0.3 is 0 Å². The zero-order chi connectivity index (χ0) is 41.0. The number of aromatic nitrogens is 1. The Morgan fingerprint density at radius 3 is 1.60 bits per heavy atom. The van der Waals surface area contributed by atoms with Crippen LogP contribution in [0, 0.1) is 0 Å². The van der Waals surface area contributed by atoms with Gasteiger partial charge in [-0.25, -0.2) is 0 Å². The van der Waals surface area contributed by atoms with Crippen LogP contribution in [0.4, 0.5) is 34.1 Å². The van der Waals surface area contributed by atoms with Crippen LogP contribution in [-0.4, -0.2) is 4.57 Å². The first-order valence-corrected chi connectivity index (χ1v) is 21.1. The van der Waals surface area contributed by atoms with Crippen molar-refractivity contribution in [3.05, 3.63) is 237 Å². The highest BCUT2D eigenvalue weighted by molar-refractivity contribution is 6.12. The third-order valence-corrected chi connectivity index (χ3v) is 12.2. The summed E-state index contributed by atoms with van der Waals surface area (Å²) in [5.41, 5.74) is 14.2. The van der Waals surface area contributed by atoms with E-state index >= 15 is 0 Å². The number of hydrogen-bond acceptors (Lipinski definition) is 3. The van der Waals surface area contributed by atoms with Crippen molar-refractivity contribution in [2.45, 2.75) is 0 Å². The Hall–Kier alpha value is -8.34. The standard InChI is InChI=1S/C58H39N3O/c1-4-16-41(17-5-1)59(45-33-37-58-53(38-45)52-25-13-15-27-57(52)62-58)44-30-28-40(29-31-44)47-35-36-55(49-23-11-10-22-48(47)49)60(42-18-6-2-7-19-42)46-32-34-51-50-24-12-14-26-54(50)61(56(51)39-46)43-20-8-3-9-21-43/h1-39H. The van der Waals surface area contributed by atoms with Crippen LogP contribution in [0.1, 0.15) is 0 Å². The zero-order valence-corrected chi connectivity index (χ0v) is 33.8. The summed E-state index contributed by atoms with van der Waals surface area (Å²) in [6.45, 7) is 0. The van der Waals surface area contributed by atoms with Crippen molar-refractivity contribution in [3.63, 3.8) is 0 Å². The Bertz CT molecular complexity index is 3570. The van der Waals surface area contributed by atoms with E-state index in [1.807, 2.05) is 12.1 Å². The fourth-order valence-corrected chi connectivity index (χ4v) is 9.35. The molecule has 0 saturated heterocycles. The second-order valence-electron chi connectivity index (χ2n) is 15.7. The van der Waals surface area contributed by atoms with Crippen LogP contribution in [-0.2, 0) is 0 Å². The van der Waals surface area contributed by atoms with Crippen molar-refractivity contribution >= 4 is 88.6 Å². The van der Waals surface area contributed by atoms with E-state index in [4.69, 9.17) is 4.42 Å². The number of fused-ring (bicyclic) bond motifs is 7. The van der Waals surface area contributed by atoms with Gasteiger partial charge in [-0.15, -0.1) is 0 Å². The molecule has 0 bridgehead atoms. The van der Waals surface area contributed by atoms with E-state index in [1.165, 1.54) is 38.1 Å². The quantitative estimate of drug-likeness (QED) is 0.153. The van der Waals surface area contributed by atoms with Gasteiger partial charge in [0.05, 0.1) is 16.7 Å². The predicted octanol–water partition coefficient (Wildman–Crippen LogP) is 16.4. The summed E-state index contributed by atoms with van der Waals surface area (Å²) in [4.78, 5) is 4.72. The summed E-state index contributed by atoms with van der Waals surface area (Å²) in [5.74, 6) is 0. The number of anilines is 6. The van der Waals surface area contributed by atoms with Crippen molar-refractivity contribution in [1.82, 2.24) is 4.57 Å². The van der Waals surface area contributed by atoms with Crippen LogP contribution in [0.3, 0.4) is 0 Å². The van der Waals surface area contributed by atoms with E-state index in [9.17, 15) is 0 Å². The molecule has 2 heterocycles. The van der Waals surface area contributed by atoms with E-state index in [0.717, 1.165) is 67.3 Å². The van der Waals surface area contributed by atoms with Crippen LogP contribution in [0.25, 0.3) is 71.3 Å².